The van der Waals surface area contributed by atoms with E-state index in [-0.39, 0.29) is 6.01 Å². The van der Waals surface area contributed by atoms with Crippen LogP contribution in [-0.4, -0.2) is 14.5 Å². The van der Waals surface area contributed by atoms with E-state index < -0.39 is 0 Å². The van der Waals surface area contributed by atoms with Gasteiger partial charge >= 0.3 is 6.01 Å². The summed E-state index contributed by atoms with van der Waals surface area (Å²) < 4.78 is 3.75. The molecule has 0 saturated heterocycles. The van der Waals surface area contributed by atoms with Gasteiger partial charge in [-0.25, -0.2) is 0 Å². The Morgan fingerprint density at radius 3 is 2.64 bits per heavy atom. The average molecular weight is 170 g/mol. The summed E-state index contributed by atoms with van der Waals surface area (Å²) in [6, 6.07) is -0.0584. The lowest BCUT2D eigenvalue weighted by atomic mass is 10.1. The van der Waals surface area contributed by atoms with Crippen molar-refractivity contribution in [2.24, 2.45) is 0 Å². The first-order chi connectivity index (χ1) is 5.36. The Morgan fingerprint density at radius 2 is 2.09 bits per heavy atom. The van der Waals surface area contributed by atoms with Crippen LogP contribution in [0.4, 0.5) is 0 Å². The number of hydrogen-bond acceptors (Lipinski definition) is 4. The molecule has 0 spiro atoms. The van der Waals surface area contributed by atoms with Gasteiger partial charge in [0.2, 0.25) is 0 Å². The van der Waals surface area contributed by atoms with Crippen LogP contribution in [0.2, 0.25) is 0 Å². The van der Waals surface area contributed by atoms with Crippen LogP contribution in [0.1, 0.15) is 36.6 Å². The van der Waals surface area contributed by atoms with Crippen molar-refractivity contribution >= 4 is 11.5 Å². The molecule has 1 heterocycles. The van der Waals surface area contributed by atoms with Crippen molar-refractivity contribution < 1.29 is 5.11 Å². The molecule has 0 aliphatic heterocycles. The van der Waals surface area contributed by atoms with Crippen molar-refractivity contribution in [3.05, 3.63) is 5.01 Å². The van der Waals surface area contributed by atoms with Gasteiger partial charge < -0.3 is 5.11 Å². The summed E-state index contributed by atoms with van der Waals surface area (Å²) in [6.07, 6.45) is 5.03. The highest BCUT2D eigenvalue weighted by Crippen LogP contribution is 2.35. The fraction of sp³-hybridized carbons (Fsp3) is 0.714. The minimum Gasteiger partial charge on any atom is -0.478 e. The van der Waals surface area contributed by atoms with E-state index in [1.54, 1.807) is 0 Å². The Labute approximate surface area is 69.3 Å². The molecule has 1 aromatic rings. The largest absolute Gasteiger partial charge is 0.478 e. The van der Waals surface area contributed by atoms with Gasteiger partial charge in [-0.05, 0) is 24.4 Å². The van der Waals surface area contributed by atoms with Gasteiger partial charge in [0.05, 0.1) is 0 Å². The van der Waals surface area contributed by atoms with Crippen LogP contribution < -0.4 is 0 Å². The quantitative estimate of drug-likeness (QED) is 0.700. The van der Waals surface area contributed by atoms with Crippen molar-refractivity contribution in [2.75, 3.05) is 0 Å². The molecule has 0 atom stereocenters. The molecule has 0 aromatic carbocycles. The molecule has 0 bridgehead atoms. The Hall–Kier alpha value is -0.640. The summed E-state index contributed by atoms with van der Waals surface area (Å²) in [5, 5.41) is 9.92. The summed E-state index contributed by atoms with van der Waals surface area (Å²) in [6.45, 7) is 0. The van der Waals surface area contributed by atoms with Gasteiger partial charge in [0.1, 0.15) is 5.01 Å². The van der Waals surface area contributed by atoms with Gasteiger partial charge in [-0.2, -0.15) is 4.98 Å². The third-order valence-corrected chi connectivity index (χ3v) is 3.00. The highest BCUT2D eigenvalue weighted by Gasteiger charge is 2.20. The predicted molar refractivity (Wildman–Crippen MR) is 42.8 cm³/mol. The highest BCUT2D eigenvalue weighted by atomic mass is 32.1. The lowest BCUT2D eigenvalue weighted by molar-refractivity contribution is 0.436. The van der Waals surface area contributed by atoms with E-state index >= 15 is 0 Å². The molecular formula is C7H10N2OS. The van der Waals surface area contributed by atoms with E-state index in [1.807, 2.05) is 0 Å². The van der Waals surface area contributed by atoms with Crippen molar-refractivity contribution in [3.63, 3.8) is 0 Å². The van der Waals surface area contributed by atoms with Crippen LogP contribution in [0, 0.1) is 0 Å². The van der Waals surface area contributed by atoms with Gasteiger partial charge in [-0.3, -0.25) is 0 Å². The molecule has 60 valence electrons. The summed E-state index contributed by atoms with van der Waals surface area (Å²) in [4.78, 5) is 3.96. The minimum absolute atomic E-state index is 0.0584. The predicted octanol–water partition coefficient (Wildman–Crippen LogP) is 1.90. The molecule has 3 nitrogen and oxygen atoms in total. The fourth-order valence-corrected chi connectivity index (χ4v) is 2.29. The van der Waals surface area contributed by atoms with Crippen molar-refractivity contribution in [3.8, 4) is 6.01 Å². The number of aromatic hydroxyl groups is 1. The molecule has 4 heteroatoms. The lowest BCUT2D eigenvalue weighted by Gasteiger charge is -2.00. The maximum atomic E-state index is 8.90. The van der Waals surface area contributed by atoms with Gasteiger partial charge in [0.25, 0.3) is 0 Å². The van der Waals surface area contributed by atoms with Crippen LogP contribution in [0.25, 0.3) is 0 Å². The van der Waals surface area contributed by atoms with Gasteiger partial charge in [0.15, 0.2) is 0 Å². The molecule has 2 rings (SSSR count). The van der Waals surface area contributed by atoms with Crippen molar-refractivity contribution in [1.29, 1.82) is 0 Å². The van der Waals surface area contributed by atoms with E-state index in [9.17, 15) is 0 Å². The summed E-state index contributed by atoms with van der Waals surface area (Å²) in [5.74, 6) is 0.577. The molecule has 1 saturated carbocycles. The second-order valence-electron chi connectivity index (χ2n) is 2.91. The third kappa shape index (κ3) is 1.35. The van der Waals surface area contributed by atoms with Crippen molar-refractivity contribution in [1.82, 2.24) is 9.36 Å². The summed E-state index contributed by atoms with van der Waals surface area (Å²) in [7, 11) is 0. The maximum absolute atomic E-state index is 8.90. The van der Waals surface area contributed by atoms with E-state index in [1.165, 1.54) is 37.2 Å². The zero-order valence-electron chi connectivity index (χ0n) is 6.16. The first-order valence-corrected chi connectivity index (χ1v) is 4.66. The number of hydrogen-bond donors (Lipinski definition) is 1. The van der Waals surface area contributed by atoms with Crippen LogP contribution in [0.3, 0.4) is 0 Å². The number of nitrogens with zero attached hydrogens (tertiary/aromatic N) is 2. The average Bonchev–Trinajstić information content (AvgIpc) is 2.55. The smallest absolute Gasteiger partial charge is 0.325 e. The summed E-state index contributed by atoms with van der Waals surface area (Å²) >= 11 is 1.34. The number of rotatable bonds is 1. The van der Waals surface area contributed by atoms with E-state index in [2.05, 4.69) is 9.36 Å². The monoisotopic (exact) mass is 170 g/mol. The second-order valence-corrected chi connectivity index (χ2v) is 3.70. The molecule has 1 N–H and O–H groups in total. The van der Waals surface area contributed by atoms with E-state index in [0.29, 0.717) is 5.92 Å². The lowest BCUT2D eigenvalue weighted by Crippen LogP contribution is -1.89. The van der Waals surface area contributed by atoms with Gasteiger partial charge in [-0.15, -0.1) is 4.37 Å². The van der Waals surface area contributed by atoms with Crippen LogP contribution in [-0.2, 0) is 0 Å². The van der Waals surface area contributed by atoms with Crippen LogP contribution >= 0.6 is 11.5 Å². The molecular weight excluding hydrogens is 160 g/mol. The Kier molecular flexibility index (Phi) is 1.77. The number of aromatic nitrogens is 2. The fourth-order valence-electron chi connectivity index (χ4n) is 1.57. The first kappa shape index (κ1) is 7.03. The standard InChI is InChI=1S/C7H10N2OS/c10-7-8-6(11-9-7)5-3-1-2-4-5/h5H,1-4H2,(H,9,10). The Balaban J connectivity index is 2.15. The van der Waals surface area contributed by atoms with Gasteiger partial charge in [-0.1, -0.05) is 12.8 Å². The zero-order chi connectivity index (χ0) is 7.68. The van der Waals surface area contributed by atoms with Crippen molar-refractivity contribution in [2.45, 2.75) is 31.6 Å². The minimum atomic E-state index is -0.0584. The maximum Gasteiger partial charge on any atom is 0.325 e. The van der Waals surface area contributed by atoms with E-state index in [0.717, 1.165) is 5.01 Å². The Morgan fingerprint density at radius 1 is 1.36 bits per heavy atom. The van der Waals surface area contributed by atoms with Crippen LogP contribution in [0.5, 0.6) is 6.01 Å². The van der Waals surface area contributed by atoms with Gasteiger partial charge in [0, 0.05) is 5.92 Å². The van der Waals surface area contributed by atoms with E-state index in [4.69, 9.17) is 5.11 Å². The SMILES string of the molecule is Oc1nsc(C2CCCC2)n1. The topological polar surface area (TPSA) is 46.0 Å². The molecule has 11 heavy (non-hydrogen) atoms. The molecule has 1 fully saturated rings. The molecule has 1 aromatic heterocycles. The summed E-state index contributed by atoms with van der Waals surface area (Å²) in [5.41, 5.74) is 0. The highest BCUT2D eigenvalue weighted by molar-refractivity contribution is 7.05. The molecule has 0 amide bonds. The zero-order valence-corrected chi connectivity index (χ0v) is 6.97. The Bertz CT molecular complexity index is 242. The molecule has 0 radical (unpaired) electrons. The van der Waals surface area contributed by atoms with Crippen LogP contribution in [0.15, 0.2) is 0 Å². The first-order valence-electron chi connectivity index (χ1n) is 3.89. The molecule has 1 aliphatic rings. The normalized spacial score (nSPS) is 19.3. The molecule has 1 aliphatic carbocycles. The molecule has 0 unspecified atom stereocenters. The third-order valence-electron chi connectivity index (χ3n) is 2.14. The second kappa shape index (κ2) is 2.77.